The Hall–Kier alpha value is -0.610. The van der Waals surface area contributed by atoms with Crippen LogP contribution in [0.4, 0.5) is 5.82 Å². The predicted octanol–water partition coefficient (Wildman–Crippen LogP) is 3.41. The van der Waals surface area contributed by atoms with E-state index in [2.05, 4.69) is 58.4 Å². The molecule has 0 aliphatic carbocycles. The Kier molecular flexibility index (Phi) is 6.52. The lowest BCUT2D eigenvalue weighted by molar-refractivity contribution is 0.552. The molecule has 0 unspecified atom stereocenters. The Labute approximate surface area is 113 Å². The number of hydrogen-bond acceptors (Lipinski definition) is 3. The number of anilines is 1. The highest BCUT2D eigenvalue weighted by Crippen LogP contribution is 2.18. The Morgan fingerprint density at radius 3 is 2.82 bits per heavy atom. The standard InChI is InChI=1S/C13H22BrN3/c1-4-5-16-13-11(6-12(14)9-17-13)8-15-7-10(2)3/h6,9-10,15H,4-5,7-8H2,1-3H3,(H,16,17). The molecule has 0 saturated carbocycles. The first-order chi connectivity index (χ1) is 8.13. The second-order valence-electron chi connectivity index (χ2n) is 4.61. The molecule has 0 fully saturated rings. The van der Waals surface area contributed by atoms with E-state index >= 15 is 0 Å². The van der Waals surface area contributed by atoms with Crippen LogP contribution in [0.15, 0.2) is 16.7 Å². The SMILES string of the molecule is CCCNc1ncc(Br)cc1CNCC(C)C. The highest BCUT2D eigenvalue weighted by atomic mass is 79.9. The molecular formula is C13H22BrN3. The van der Waals surface area contributed by atoms with Crippen LogP contribution in [0.1, 0.15) is 32.8 Å². The molecular weight excluding hydrogens is 278 g/mol. The third-order valence-electron chi connectivity index (χ3n) is 2.34. The van der Waals surface area contributed by atoms with Crippen molar-refractivity contribution in [3.63, 3.8) is 0 Å². The van der Waals surface area contributed by atoms with E-state index in [1.54, 1.807) is 0 Å². The van der Waals surface area contributed by atoms with Crippen LogP contribution in [-0.4, -0.2) is 18.1 Å². The molecule has 0 atom stereocenters. The van der Waals surface area contributed by atoms with Gasteiger partial charge in [-0.2, -0.15) is 0 Å². The number of rotatable bonds is 7. The monoisotopic (exact) mass is 299 g/mol. The molecule has 0 saturated heterocycles. The summed E-state index contributed by atoms with van der Waals surface area (Å²) in [7, 11) is 0. The first-order valence-electron chi connectivity index (χ1n) is 6.22. The largest absolute Gasteiger partial charge is 0.370 e. The summed E-state index contributed by atoms with van der Waals surface area (Å²) in [6, 6.07) is 2.12. The summed E-state index contributed by atoms with van der Waals surface area (Å²) >= 11 is 3.47. The van der Waals surface area contributed by atoms with Crippen molar-refractivity contribution in [3.05, 3.63) is 22.3 Å². The normalized spacial score (nSPS) is 10.9. The molecule has 4 heteroatoms. The number of aromatic nitrogens is 1. The highest BCUT2D eigenvalue weighted by Gasteiger charge is 2.04. The van der Waals surface area contributed by atoms with Crippen LogP contribution in [0.25, 0.3) is 0 Å². The van der Waals surface area contributed by atoms with Crippen molar-refractivity contribution in [1.29, 1.82) is 0 Å². The van der Waals surface area contributed by atoms with Gasteiger partial charge in [0.15, 0.2) is 0 Å². The molecule has 0 radical (unpaired) electrons. The van der Waals surface area contributed by atoms with Crippen LogP contribution in [0.3, 0.4) is 0 Å². The molecule has 96 valence electrons. The van der Waals surface area contributed by atoms with Gasteiger partial charge in [0.25, 0.3) is 0 Å². The molecule has 0 spiro atoms. The summed E-state index contributed by atoms with van der Waals surface area (Å²) in [4.78, 5) is 4.42. The van der Waals surface area contributed by atoms with Gasteiger partial charge in [0.2, 0.25) is 0 Å². The van der Waals surface area contributed by atoms with Gasteiger partial charge in [-0.15, -0.1) is 0 Å². The average molecular weight is 300 g/mol. The molecule has 0 aromatic carbocycles. The first-order valence-corrected chi connectivity index (χ1v) is 7.01. The molecule has 1 aromatic heterocycles. The minimum absolute atomic E-state index is 0.669. The first kappa shape index (κ1) is 14.5. The number of halogens is 1. The molecule has 1 aromatic rings. The van der Waals surface area contributed by atoms with Gasteiger partial charge in [-0.05, 0) is 40.9 Å². The highest BCUT2D eigenvalue weighted by molar-refractivity contribution is 9.10. The second-order valence-corrected chi connectivity index (χ2v) is 5.53. The predicted molar refractivity (Wildman–Crippen MR) is 77.3 cm³/mol. The van der Waals surface area contributed by atoms with E-state index in [0.29, 0.717) is 5.92 Å². The van der Waals surface area contributed by atoms with Crippen molar-refractivity contribution in [1.82, 2.24) is 10.3 Å². The Morgan fingerprint density at radius 2 is 2.18 bits per heavy atom. The quantitative estimate of drug-likeness (QED) is 0.810. The molecule has 1 rings (SSSR count). The Bertz CT molecular complexity index is 339. The number of nitrogens with one attached hydrogen (secondary N) is 2. The van der Waals surface area contributed by atoms with Crippen LogP contribution in [-0.2, 0) is 6.54 Å². The molecule has 3 nitrogen and oxygen atoms in total. The van der Waals surface area contributed by atoms with Gasteiger partial charge >= 0.3 is 0 Å². The summed E-state index contributed by atoms with van der Waals surface area (Å²) in [5, 5.41) is 6.80. The molecule has 2 N–H and O–H groups in total. The molecule has 1 heterocycles. The number of pyridine rings is 1. The minimum Gasteiger partial charge on any atom is -0.370 e. The average Bonchev–Trinajstić information content (AvgIpc) is 2.27. The van der Waals surface area contributed by atoms with E-state index in [-0.39, 0.29) is 0 Å². The maximum atomic E-state index is 4.42. The summed E-state index contributed by atoms with van der Waals surface area (Å²) in [6.45, 7) is 9.43. The lowest BCUT2D eigenvalue weighted by Gasteiger charge is -2.12. The Morgan fingerprint density at radius 1 is 1.41 bits per heavy atom. The van der Waals surface area contributed by atoms with Gasteiger partial charge in [-0.25, -0.2) is 4.98 Å². The van der Waals surface area contributed by atoms with Gasteiger partial charge < -0.3 is 10.6 Å². The van der Waals surface area contributed by atoms with Crippen LogP contribution in [0.2, 0.25) is 0 Å². The van der Waals surface area contributed by atoms with Crippen LogP contribution in [0.5, 0.6) is 0 Å². The smallest absolute Gasteiger partial charge is 0.130 e. The van der Waals surface area contributed by atoms with Gasteiger partial charge in [0, 0.05) is 29.3 Å². The summed E-state index contributed by atoms with van der Waals surface area (Å²) < 4.78 is 1.03. The fourth-order valence-electron chi connectivity index (χ4n) is 1.51. The fraction of sp³-hybridized carbons (Fsp3) is 0.615. The van der Waals surface area contributed by atoms with Gasteiger partial charge in [0.05, 0.1) is 0 Å². The fourth-order valence-corrected chi connectivity index (χ4v) is 1.89. The lowest BCUT2D eigenvalue weighted by Crippen LogP contribution is -2.20. The van der Waals surface area contributed by atoms with Crippen molar-refractivity contribution in [3.8, 4) is 0 Å². The number of nitrogens with zero attached hydrogens (tertiary/aromatic N) is 1. The summed E-state index contributed by atoms with van der Waals surface area (Å²) in [5.41, 5.74) is 1.22. The zero-order chi connectivity index (χ0) is 12.7. The van der Waals surface area contributed by atoms with Crippen molar-refractivity contribution in [2.45, 2.75) is 33.7 Å². The maximum absolute atomic E-state index is 4.42. The van der Waals surface area contributed by atoms with E-state index < -0.39 is 0 Å². The molecule has 0 bridgehead atoms. The van der Waals surface area contributed by atoms with Crippen molar-refractivity contribution < 1.29 is 0 Å². The van der Waals surface area contributed by atoms with Gasteiger partial charge in [-0.3, -0.25) is 0 Å². The maximum Gasteiger partial charge on any atom is 0.130 e. The van der Waals surface area contributed by atoms with Crippen molar-refractivity contribution in [2.24, 2.45) is 5.92 Å². The number of hydrogen-bond donors (Lipinski definition) is 2. The van der Waals surface area contributed by atoms with E-state index in [1.165, 1.54) is 5.56 Å². The summed E-state index contributed by atoms with van der Waals surface area (Å²) in [5.74, 6) is 1.66. The molecule has 0 amide bonds. The third kappa shape index (κ3) is 5.50. The van der Waals surface area contributed by atoms with Crippen LogP contribution >= 0.6 is 15.9 Å². The van der Waals surface area contributed by atoms with E-state index in [9.17, 15) is 0 Å². The lowest BCUT2D eigenvalue weighted by atomic mass is 10.2. The second kappa shape index (κ2) is 7.67. The third-order valence-corrected chi connectivity index (χ3v) is 2.78. The van der Waals surface area contributed by atoms with E-state index in [0.717, 1.165) is 36.3 Å². The van der Waals surface area contributed by atoms with Crippen LogP contribution < -0.4 is 10.6 Å². The van der Waals surface area contributed by atoms with E-state index in [1.807, 2.05) is 6.20 Å². The molecule has 0 aliphatic rings. The zero-order valence-corrected chi connectivity index (χ0v) is 12.5. The topological polar surface area (TPSA) is 37.0 Å². The Balaban J connectivity index is 2.62. The molecule has 0 aliphatic heterocycles. The van der Waals surface area contributed by atoms with Crippen LogP contribution in [0, 0.1) is 5.92 Å². The molecule has 17 heavy (non-hydrogen) atoms. The van der Waals surface area contributed by atoms with Crippen molar-refractivity contribution in [2.75, 3.05) is 18.4 Å². The van der Waals surface area contributed by atoms with E-state index in [4.69, 9.17) is 0 Å². The van der Waals surface area contributed by atoms with Crippen molar-refractivity contribution >= 4 is 21.7 Å². The van der Waals surface area contributed by atoms with Gasteiger partial charge in [0.1, 0.15) is 5.82 Å². The zero-order valence-electron chi connectivity index (χ0n) is 10.9. The summed E-state index contributed by atoms with van der Waals surface area (Å²) in [6.07, 6.45) is 2.94. The minimum atomic E-state index is 0.669. The van der Waals surface area contributed by atoms with Gasteiger partial charge in [-0.1, -0.05) is 20.8 Å².